The van der Waals surface area contributed by atoms with Gasteiger partial charge in [-0.15, -0.1) is 5.10 Å². The molecule has 2 saturated heterocycles. The Hall–Kier alpha value is -4.48. The average Bonchev–Trinajstić information content (AvgIpc) is 3.78. The van der Waals surface area contributed by atoms with Gasteiger partial charge >= 0.3 is 6.09 Å². The van der Waals surface area contributed by atoms with E-state index < -0.39 is 29.7 Å². The van der Waals surface area contributed by atoms with Gasteiger partial charge in [-0.3, -0.25) is 14.4 Å². The third-order valence-corrected chi connectivity index (χ3v) is 8.58. The fourth-order valence-corrected chi connectivity index (χ4v) is 6.31. The summed E-state index contributed by atoms with van der Waals surface area (Å²) in [7, 11) is 1.82. The van der Waals surface area contributed by atoms with E-state index in [0.29, 0.717) is 32.5 Å². The molecule has 4 amide bonds. The van der Waals surface area contributed by atoms with Crippen LogP contribution in [0.5, 0.6) is 0 Å². The van der Waals surface area contributed by atoms with E-state index in [1.54, 1.807) is 35.3 Å². The minimum absolute atomic E-state index is 0.0338. The van der Waals surface area contributed by atoms with Crippen molar-refractivity contribution in [3.63, 3.8) is 0 Å². The molecule has 46 heavy (non-hydrogen) atoms. The van der Waals surface area contributed by atoms with Crippen LogP contribution in [0.2, 0.25) is 0 Å². The molecule has 0 radical (unpaired) electrons. The van der Waals surface area contributed by atoms with Gasteiger partial charge in [-0.25, -0.2) is 9.48 Å². The quantitative estimate of drug-likeness (QED) is 0.350. The van der Waals surface area contributed by atoms with Crippen LogP contribution in [0.15, 0.2) is 48.5 Å². The van der Waals surface area contributed by atoms with E-state index in [2.05, 4.69) is 20.9 Å². The van der Waals surface area contributed by atoms with E-state index in [9.17, 15) is 19.2 Å². The lowest BCUT2D eigenvalue weighted by Gasteiger charge is -2.30. The molecule has 2 N–H and O–H groups in total. The van der Waals surface area contributed by atoms with Crippen LogP contribution in [0, 0.1) is 5.92 Å². The van der Waals surface area contributed by atoms with E-state index in [1.807, 2.05) is 55.6 Å². The first-order chi connectivity index (χ1) is 22.0. The summed E-state index contributed by atoms with van der Waals surface area (Å²) in [5.74, 6) is -0.672. The minimum Gasteiger partial charge on any atom is -0.444 e. The van der Waals surface area contributed by atoms with Gasteiger partial charge in [0, 0.05) is 39.6 Å². The summed E-state index contributed by atoms with van der Waals surface area (Å²) in [6.45, 7) is 7.26. The van der Waals surface area contributed by atoms with Crippen molar-refractivity contribution in [1.82, 2.24) is 35.4 Å². The number of nitrogens with one attached hydrogen (secondary N) is 2. The predicted molar refractivity (Wildman–Crippen MR) is 172 cm³/mol. The molecule has 0 spiro atoms. The van der Waals surface area contributed by atoms with Crippen molar-refractivity contribution in [3.05, 3.63) is 59.7 Å². The molecule has 246 valence electrons. The van der Waals surface area contributed by atoms with Crippen LogP contribution in [-0.2, 0) is 39.1 Å². The molecule has 1 unspecified atom stereocenters. The first-order valence-electron chi connectivity index (χ1n) is 16.1. The van der Waals surface area contributed by atoms with Crippen molar-refractivity contribution < 1.29 is 23.9 Å². The lowest BCUT2D eigenvalue weighted by molar-refractivity contribution is -0.140. The number of fused-ring (bicyclic) bond motifs is 1. The zero-order valence-corrected chi connectivity index (χ0v) is 27.2. The Morgan fingerprint density at radius 2 is 1.76 bits per heavy atom. The van der Waals surface area contributed by atoms with Gasteiger partial charge in [0.15, 0.2) is 0 Å². The maximum atomic E-state index is 14.2. The number of aromatic nitrogens is 3. The number of ether oxygens (including phenoxy) is 1. The summed E-state index contributed by atoms with van der Waals surface area (Å²) >= 11 is 0. The fraction of sp³-hybridized carbons (Fsp3) is 0.529. The molecule has 3 aromatic rings. The fourth-order valence-electron chi connectivity index (χ4n) is 6.31. The standard InChI is InChI=1S/C34H45N7O5/c1-34(2,3)46-33(45)36-26(13-15-30(42)40-16-8-9-17-40)32(44)41-22-25(18-23-10-6-5-7-11-23)20-29(41)31(43)35-21-24-12-14-28-27(19-24)37-38-39(28)4/h5-7,10-12,14,19,25-26,29H,8-9,13,15-18,20-22H2,1-4H3,(H,35,43)(H,36,45)/t25-,26?,29-/m0/s1. The van der Waals surface area contributed by atoms with Gasteiger partial charge in [0.25, 0.3) is 0 Å². The van der Waals surface area contributed by atoms with E-state index >= 15 is 0 Å². The molecular weight excluding hydrogens is 586 g/mol. The van der Waals surface area contributed by atoms with Crippen molar-refractivity contribution in [3.8, 4) is 0 Å². The largest absolute Gasteiger partial charge is 0.444 e. The summed E-state index contributed by atoms with van der Waals surface area (Å²) in [5.41, 5.74) is 2.84. The van der Waals surface area contributed by atoms with Crippen LogP contribution in [-0.4, -0.2) is 85.9 Å². The Labute approximate surface area is 269 Å². The highest BCUT2D eigenvalue weighted by Crippen LogP contribution is 2.28. The van der Waals surface area contributed by atoms with Gasteiger partial charge in [0.05, 0.1) is 5.52 Å². The second-order valence-corrected chi connectivity index (χ2v) is 13.4. The van der Waals surface area contributed by atoms with Gasteiger partial charge in [-0.2, -0.15) is 0 Å². The van der Waals surface area contributed by atoms with E-state index in [-0.39, 0.29) is 37.1 Å². The second-order valence-electron chi connectivity index (χ2n) is 13.4. The third kappa shape index (κ3) is 8.41. The number of carbonyl (C=O) groups is 4. The van der Waals surface area contributed by atoms with Crippen LogP contribution < -0.4 is 10.6 Å². The van der Waals surface area contributed by atoms with Gasteiger partial charge in [-0.05, 0) is 82.1 Å². The van der Waals surface area contributed by atoms with Gasteiger partial charge in [-0.1, -0.05) is 41.6 Å². The summed E-state index contributed by atoms with van der Waals surface area (Å²) in [4.78, 5) is 57.2. The minimum atomic E-state index is -1.02. The maximum Gasteiger partial charge on any atom is 0.408 e. The molecule has 1 aromatic heterocycles. The number of hydrogen-bond donors (Lipinski definition) is 2. The smallest absolute Gasteiger partial charge is 0.408 e. The highest BCUT2D eigenvalue weighted by molar-refractivity contribution is 5.92. The van der Waals surface area contributed by atoms with Gasteiger partial charge < -0.3 is 25.2 Å². The van der Waals surface area contributed by atoms with Crippen molar-refractivity contribution in [2.24, 2.45) is 13.0 Å². The molecule has 2 aliphatic rings. The highest BCUT2D eigenvalue weighted by Gasteiger charge is 2.42. The lowest BCUT2D eigenvalue weighted by atomic mass is 9.96. The topological polar surface area (TPSA) is 139 Å². The number of carbonyl (C=O) groups excluding carboxylic acids is 4. The summed E-state index contributed by atoms with van der Waals surface area (Å²) in [5, 5.41) is 14.0. The SMILES string of the molecule is Cn1nnc2cc(CNC(=O)[C@@H]3C[C@H](Cc4ccccc4)CN3C(=O)C(CCC(=O)N3CCCC3)NC(=O)OC(C)(C)C)ccc21. The van der Waals surface area contributed by atoms with E-state index in [1.165, 1.54) is 0 Å². The number of nitrogens with zero attached hydrogens (tertiary/aromatic N) is 5. The first-order valence-corrected chi connectivity index (χ1v) is 16.1. The normalized spacial score (nSPS) is 18.9. The lowest BCUT2D eigenvalue weighted by Crippen LogP contribution is -2.54. The monoisotopic (exact) mass is 631 g/mol. The second kappa shape index (κ2) is 14.3. The highest BCUT2D eigenvalue weighted by atomic mass is 16.6. The van der Waals surface area contributed by atoms with Crippen LogP contribution in [0.1, 0.15) is 64.0 Å². The van der Waals surface area contributed by atoms with Crippen LogP contribution >= 0.6 is 0 Å². The number of likely N-dealkylation sites (tertiary alicyclic amines) is 2. The Balaban J connectivity index is 1.33. The Kier molecular flexibility index (Phi) is 10.2. The van der Waals surface area contributed by atoms with Crippen molar-refractivity contribution in [2.75, 3.05) is 19.6 Å². The molecule has 12 nitrogen and oxygen atoms in total. The van der Waals surface area contributed by atoms with Gasteiger partial charge in [0.1, 0.15) is 23.2 Å². The average molecular weight is 632 g/mol. The molecular formula is C34H45N7O5. The molecule has 3 heterocycles. The zero-order valence-electron chi connectivity index (χ0n) is 27.2. The van der Waals surface area contributed by atoms with Crippen molar-refractivity contribution >= 4 is 34.8 Å². The molecule has 2 aliphatic heterocycles. The molecule has 0 saturated carbocycles. The molecule has 2 aromatic carbocycles. The number of amides is 4. The van der Waals surface area contributed by atoms with Crippen LogP contribution in [0.4, 0.5) is 4.79 Å². The molecule has 0 bridgehead atoms. The zero-order chi connectivity index (χ0) is 32.8. The van der Waals surface area contributed by atoms with Crippen LogP contribution in [0.25, 0.3) is 11.0 Å². The van der Waals surface area contributed by atoms with Crippen molar-refractivity contribution in [2.45, 2.75) is 83.5 Å². The maximum absolute atomic E-state index is 14.2. The predicted octanol–water partition coefficient (Wildman–Crippen LogP) is 3.34. The number of hydrogen-bond acceptors (Lipinski definition) is 7. The van der Waals surface area contributed by atoms with Crippen molar-refractivity contribution in [1.29, 1.82) is 0 Å². The first kappa shape index (κ1) is 32.9. The van der Waals surface area contributed by atoms with E-state index in [0.717, 1.165) is 35.0 Å². The third-order valence-electron chi connectivity index (χ3n) is 8.58. The summed E-state index contributed by atoms with van der Waals surface area (Å²) in [6.07, 6.45) is 2.58. The molecule has 2 fully saturated rings. The van der Waals surface area contributed by atoms with Gasteiger partial charge in [0.2, 0.25) is 17.7 Å². The number of alkyl carbamates (subject to hydrolysis) is 1. The summed E-state index contributed by atoms with van der Waals surface area (Å²) in [6, 6.07) is 13.9. The number of benzene rings is 2. The molecule has 12 heteroatoms. The molecule has 0 aliphatic carbocycles. The molecule has 3 atom stereocenters. The number of rotatable bonds is 10. The Bertz CT molecular complexity index is 1540. The Morgan fingerprint density at radius 3 is 2.48 bits per heavy atom. The Morgan fingerprint density at radius 1 is 1.02 bits per heavy atom. The number of aryl methyl sites for hydroxylation is 1. The molecule has 5 rings (SSSR count). The van der Waals surface area contributed by atoms with Crippen LogP contribution in [0.3, 0.4) is 0 Å². The van der Waals surface area contributed by atoms with E-state index in [4.69, 9.17) is 4.74 Å². The summed E-state index contributed by atoms with van der Waals surface area (Å²) < 4.78 is 7.16.